The third-order valence-corrected chi connectivity index (χ3v) is 4.94. The summed E-state index contributed by atoms with van der Waals surface area (Å²) in [4.78, 5) is 13.9. The zero-order chi connectivity index (χ0) is 15.1. The second-order valence-corrected chi connectivity index (χ2v) is 6.52. The van der Waals surface area contributed by atoms with Crippen molar-refractivity contribution >= 4 is 17.8 Å². The number of urea groups is 1. The summed E-state index contributed by atoms with van der Waals surface area (Å²) in [5.74, 6) is 1.10. The molecule has 0 fully saturated rings. The van der Waals surface area contributed by atoms with Gasteiger partial charge in [0.05, 0.1) is 6.61 Å². The van der Waals surface area contributed by atoms with Gasteiger partial charge in [-0.2, -0.15) is 11.8 Å². The topological polar surface area (TPSA) is 52.6 Å². The first-order valence-corrected chi connectivity index (χ1v) is 8.64. The van der Waals surface area contributed by atoms with E-state index in [-0.39, 0.29) is 12.6 Å². The van der Waals surface area contributed by atoms with Crippen LogP contribution in [0, 0.1) is 0 Å². The van der Waals surface area contributed by atoms with Gasteiger partial charge in [-0.05, 0) is 29.7 Å². The molecule has 1 aliphatic rings. The highest BCUT2D eigenvalue weighted by Gasteiger charge is 2.21. The van der Waals surface area contributed by atoms with Gasteiger partial charge in [-0.1, -0.05) is 31.2 Å². The molecule has 0 saturated heterocycles. The van der Waals surface area contributed by atoms with Gasteiger partial charge in [0.2, 0.25) is 0 Å². The Balaban J connectivity index is 1.92. The van der Waals surface area contributed by atoms with E-state index in [2.05, 4.69) is 29.6 Å². The van der Waals surface area contributed by atoms with Crippen LogP contribution in [0.4, 0.5) is 4.79 Å². The van der Waals surface area contributed by atoms with E-state index in [1.165, 1.54) is 11.1 Å². The quantitative estimate of drug-likeness (QED) is 0.848. The standard InChI is InChI=1S/C16H24N2O2S/c1-2-8-18(9-10-19)16(20)17-12-15-14-6-4-3-5-13(14)7-11-21-15/h3-6,15,19H,2,7-12H2,1H3,(H,17,20)/t15-/m0/s1. The molecule has 0 radical (unpaired) electrons. The molecule has 0 saturated carbocycles. The van der Waals surface area contributed by atoms with Crippen LogP contribution in [-0.4, -0.2) is 48.0 Å². The Morgan fingerprint density at radius 1 is 1.43 bits per heavy atom. The monoisotopic (exact) mass is 308 g/mol. The molecule has 1 aromatic rings. The van der Waals surface area contributed by atoms with Crippen LogP contribution < -0.4 is 5.32 Å². The molecule has 1 aliphatic heterocycles. The van der Waals surface area contributed by atoms with Crippen molar-refractivity contribution in [3.8, 4) is 0 Å². The Morgan fingerprint density at radius 3 is 3.00 bits per heavy atom. The van der Waals surface area contributed by atoms with E-state index in [0.717, 1.165) is 18.6 Å². The fourth-order valence-corrected chi connectivity index (χ4v) is 3.88. The predicted molar refractivity (Wildman–Crippen MR) is 87.7 cm³/mol. The Labute approximate surface area is 130 Å². The maximum Gasteiger partial charge on any atom is 0.317 e. The molecular formula is C16H24N2O2S. The Bertz CT molecular complexity index is 461. The van der Waals surface area contributed by atoms with Crippen molar-refractivity contribution in [1.29, 1.82) is 0 Å². The molecule has 2 amide bonds. The first-order chi connectivity index (χ1) is 10.3. The van der Waals surface area contributed by atoms with Crippen LogP contribution in [0.15, 0.2) is 24.3 Å². The summed E-state index contributed by atoms with van der Waals surface area (Å²) >= 11 is 1.90. The van der Waals surface area contributed by atoms with Gasteiger partial charge in [-0.3, -0.25) is 0 Å². The number of thioether (sulfide) groups is 1. The molecule has 2 rings (SSSR count). The van der Waals surface area contributed by atoms with E-state index in [1.807, 2.05) is 18.7 Å². The molecule has 0 unspecified atom stereocenters. The van der Waals surface area contributed by atoms with Gasteiger partial charge in [-0.15, -0.1) is 0 Å². The average Bonchev–Trinajstić information content (AvgIpc) is 2.52. The molecule has 0 aliphatic carbocycles. The molecule has 21 heavy (non-hydrogen) atoms. The summed E-state index contributed by atoms with van der Waals surface area (Å²) in [7, 11) is 0. The minimum Gasteiger partial charge on any atom is -0.395 e. The van der Waals surface area contributed by atoms with Crippen LogP contribution in [0.1, 0.15) is 29.7 Å². The van der Waals surface area contributed by atoms with E-state index < -0.39 is 0 Å². The number of fused-ring (bicyclic) bond motifs is 1. The molecule has 1 aromatic carbocycles. The van der Waals surface area contributed by atoms with Crippen LogP contribution in [0.2, 0.25) is 0 Å². The number of hydrogen-bond donors (Lipinski definition) is 2. The molecule has 0 bridgehead atoms. The molecular weight excluding hydrogens is 284 g/mol. The summed E-state index contributed by atoms with van der Waals surface area (Å²) in [6.45, 7) is 3.76. The fourth-order valence-electron chi connectivity index (χ4n) is 2.64. The van der Waals surface area contributed by atoms with Crippen molar-refractivity contribution in [2.75, 3.05) is 32.0 Å². The number of hydrogen-bond acceptors (Lipinski definition) is 3. The van der Waals surface area contributed by atoms with Crippen molar-refractivity contribution < 1.29 is 9.90 Å². The largest absolute Gasteiger partial charge is 0.395 e. The minimum absolute atomic E-state index is 0.00837. The summed E-state index contributed by atoms with van der Waals surface area (Å²) in [5.41, 5.74) is 2.74. The zero-order valence-corrected chi connectivity index (χ0v) is 13.4. The van der Waals surface area contributed by atoms with Crippen molar-refractivity contribution in [2.45, 2.75) is 25.0 Å². The van der Waals surface area contributed by atoms with Crippen molar-refractivity contribution in [3.05, 3.63) is 35.4 Å². The number of nitrogens with zero attached hydrogens (tertiary/aromatic N) is 1. The Kier molecular flexibility index (Phi) is 6.39. The first-order valence-electron chi connectivity index (χ1n) is 7.59. The molecule has 116 valence electrons. The molecule has 0 aromatic heterocycles. The van der Waals surface area contributed by atoms with E-state index >= 15 is 0 Å². The van der Waals surface area contributed by atoms with Crippen molar-refractivity contribution in [3.63, 3.8) is 0 Å². The average molecular weight is 308 g/mol. The second-order valence-electron chi connectivity index (χ2n) is 5.20. The second kappa shape index (κ2) is 8.29. The molecule has 1 heterocycles. The lowest BCUT2D eigenvalue weighted by Gasteiger charge is -2.27. The lowest BCUT2D eigenvalue weighted by Crippen LogP contribution is -2.43. The first kappa shape index (κ1) is 16.2. The van der Waals surface area contributed by atoms with Gasteiger partial charge in [-0.25, -0.2) is 4.79 Å². The van der Waals surface area contributed by atoms with Gasteiger partial charge in [0.25, 0.3) is 0 Å². The van der Waals surface area contributed by atoms with Crippen LogP contribution in [-0.2, 0) is 6.42 Å². The molecule has 0 spiro atoms. The van der Waals surface area contributed by atoms with Gasteiger partial charge < -0.3 is 15.3 Å². The molecule has 1 atom stereocenters. The maximum atomic E-state index is 12.2. The molecule has 5 heteroatoms. The highest BCUT2D eigenvalue weighted by molar-refractivity contribution is 7.99. The van der Waals surface area contributed by atoms with Crippen molar-refractivity contribution in [2.24, 2.45) is 0 Å². The fraction of sp³-hybridized carbons (Fsp3) is 0.562. The number of benzene rings is 1. The summed E-state index contributed by atoms with van der Waals surface area (Å²) in [5, 5.41) is 12.4. The number of aliphatic hydroxyl groups excluding tert-OH is 1. The highest BCUT2D eigenvalue weighted by atomic mass is 32.2. The predicted octanol–water partition coefficient (Wildman–Crippen LogP) is 2.43. The van der Waals surface area contributed by atoms with Gasteiger partial charge >= 0.3 is 6.03 Å². The van der Waals surface area contributed by atoms with E-state index in [0.29, 0.717) is 24.9 Å². The number of carbonyl (C=O) groups excluding carboxylic acids is 1. The van der Waals surface area contributed by atoms with Crippen LogP contribution in [0.3, 0.4) is 0 Å². The van der Waals surface area contributed by atoms with Gasteiger partial charge in [0.1, 0.15) is 0 Å². The number of nitrogens with one attached hydrogen (secondary N) is 1. The van der Waals surface area contributed by atoms with Crippen molar-refractivity contribution in [1.82, 2.24) is 10.2 Å². The number of carbonyl (C=O) groups is 1. The van der Waals surface area contributed by atoms with E-state index in [4.69, 9.17) is 5.11 Å². The lowest BCUT2D eigenvalue weighted by atomic mass is 10.0. The van der Waals surface area contributed by atoms with E-state index in [9.17, 15) is 4.79 Å². The van der Waals surface area contributed by atoms with Crippen LogP contribution in [0.25, 0.3) is 0 Å². The Morgan fingerprint density at radius 2 is 2.24 bits per heavy atom. The zero-order valence-electron chi connectivity index (χ0n) is 12.5. The summed E-state index contributed by atoms with van der Waals surface area (Å²) in [6.07, 6.45) is 2.01. The summed E-state index contributed by atoms with van der Waals surface area (Å²) in [6, 6.07) is 8.41. The summed E-state index contributed by atoms with van der Waals surface area (Å²) < 4.78 is 0. The number of aryl methyl sites for hydroxylation is 1. The number of aliphatic hydroxyl groups is 1. The highest BCUT2D eigenvalue weighted by Crippen LogP contribution is 2.35. The Hall–Kier alpha value is -1.20. The minimum atomic E-state index is -0.0745. The smallest absolute Gasteiger partial charge is 0.317 e. The van der Waals surface area contributed by atoms with Crippen LogP contribution >= 0.6 is 11.8 Å². The van der Waals surface area contributed by atoms with E-state index in [1.54, 1.807) is 4.90 Å². The lowest BCUT2D eigenvalue weighted by molar-refractivity contribution is 0.177. The number of amides is 2. The SMILES string of the molecule is CCCN(CCO)C(=O)NC[C@@H]1SCCc2ccccc21. The third kappa shape index (κ3) is 4.38. The third-order valence-electron chi connectivity index (χ3n) is 3.68. The molecule has 2 N–H and O–H groups in total. The van der Waals surface area contributed by atoms with Gasteiger partial charge in [0, 0.05) is 24.9 Å². The normalized spacial score (nSPS) is 17.1. The van der Waals surface area contributed by atoms with Crippen LogP contribution in [0.5, 0.6) is 0 Å². The van der Waals surface area contributed by atoms with Gasteiger partial charge in [0.15, 0.2) is 0 Å². The maximum absolute atomic E-state index is 12.2. The number of rotatable bonds is 6. The molecule has 4 nitrogen and oxygen atoms in total.